The molecule has 3 heteroatoms. The summed E-state index contributed by atoms with van der Waals surface area (Å²) in [4.78, 5) is 4.42. The van der Waals surface area contributed by atoms with Gasteiger partial charge in [0.05, 0.1) is 11.6 Å². The predicted octanol–water partition coefficient (Wildman–Crippen LogP) is 4.06. The van der Waals surface area contributed by atoms with Crippen LogP contribution in [0.25, 0.3) is 10.9 Å². The fourth-order valence-electron chi connectivity index (χ4n) is 2.06. The van der Waals surface area contributed by atoms with E-state index in [0.29, 0.717) is 17.1 Å². The largest absolute Gasteiger partial charge is 0.388 e. The molecule has 2 aromatic rings. The Morgan fingerprint density at radius 3 is 2.94 bits per heavy atom. The van der Waals surface area contributed by atoms with Crippen molar-refractivity contribution < 1.29 is 5.11 Å². The average Bonchev–Trinajstić information content (AvgIpc) is 2.37. The van der Waals surface area contributed by atoms with Crippen molar-refractivity contribution in [3.8, 4) is 0 Å². The highest BCUT2D eigenvalue weighted by molar-refractivity contribution is 6.30. The summed E-state index contributed by atoms with van der Waals surface area (Å²) in [5, 5.41) is 11.4. The SMILES string of the molecule is C=CCC(O)c1cc2cccc(CC)c2nc1Cl. The van der Waals surface area contributed by atoms with Crippen LogP contribution < -0.4 is 0 Å². The van der Waals surface area contributed by atoms with Gasteiger partial charge in [-0.3, -0.25) is 0 Å². The molecule has 0 saturated heterocycles. The monoisotopic (exact) mass is 261 g/mol. The fourth-order valence-corrected chi connectivity index (χ4v) is 2.32. The topological polar surface area (TPSA) is 33.1 Å². The number of aliphatic hydroxyl groups is 1. The molecule has 2 rings (SSSR count). The van der Waals surface area contributed by atoms with Gasteiger partial charge in [0.1, 0.15) is 5.15 Å². The summed E-state index contributed by atoms with van der Waals surface area (Å²) in [6, 6.07) is 7.95. The van der Waals surface area contributed by atoms with Gasteiger partial charge in [-0.2, -0.15) is 0 Å². The van der Waals surface area contributed by atoms with E-state index in [1.54, 1.807) is 6.08 Å². The smallest absolute Gasteiger partial charge is 0.135 e. The summed E-state index contributed by atoms with van der Waals surface area (Å²) in [6.45, 7) is 5.71. The highest BCUT2D eigenvalue weighted by Gasteiger charge is 2.13. The van der Waals surface area contributed by atoms with Gasteiger partial charge >= 0.3 is 0 Å². The van der Waals surface area contributed by atoms with Gasteiger partial charge in [-0.05, 0) is 24.5 Å². The van der Waals surface area contributed by atoms with Gasteiger partial charge in [-0.25, -0.2) is 4.98 Å². The lowest BCUT2D eigenvalue weighted by molar-refractivity contribution is 0.181. The van der Waals surface area contributed by atoms with Crippen LogP contribution in [-0.4, -0.2) is 10.1 Å². The molecule has 0 spiro atoms. The maximum absolute atomic E-state index is 9.99. The second-order valence-electron chi connectivity index (χ2n) is 4.25. The minimum Gasteiger partial charge on any atom is -0.388 e. The number of hydrogen-bond acceptors (Lipinski definition) is 2. The summed E-state index contributed by atoms with van der Waals surface area (Å²) in [7, 11) is 0. The molecule has 0 bridgehead atoms. The number of rotatable bonds is 4. The van der Waals surface area contributed by atoms with Gasteiger partial charge in [0, 0.05) is 10.9 Å². The van der Waals surface area contributed by atoms with Crippen LogP contribution in [0, 0.1) is 0 Å². The number of hydrogen-bond donors (Lipinski definition) is 1. The molecule has 18 heavy (non-hydrogen) atoms. The number of para-hydroxylation sites is 1. The van der Waals surface area contributed by atoms with Gasteiger partial charge in [-0.15, -0.1) is 6.58 Å². The van der Waals surface area contributed by atoms with Crippen LogP contribution in [0.4, 0.5) is 0 Å². The molecule has 0 aliphatic heterocycles. The number of benzene rings is 1. The van der Waals surface area contributed by atoms with E-state index < -0.39 is 6.10 Å². The summed E-state index contributed by atoms with van der Waals surface area (Å²) < 4.78 is 0. The summed E-state index contributed by atoms with van der Waals surface area (Å²) in [5.41, 5.74) is 2.75. The van der Waals surface area contributed by atoms with Crippen molar-refractivity contribution in [3.05, 3.63) is 53.2 Å². The minimum absolute atomic E-state index is 0.373. The zero-order valence-electron chi connectivity index (χ0n) is 10.4. The van der Waals surface area contributed by atoms with Crippen molar-refractivity contribution in [3.63, 3.8) is 0 Å². The van der Waals surface area contributed by atoms with Crippen LogP contribution in [0.15, 0.2) is 36.9 Å². The lowest BCUT2D eigenvalue weighted by Crippen LogP contribution is -1.99. The highest BCUT2D eigenvalue weighted by atomic mass is 35.5. The van der Waals surface area contributed by atoms with E-state index in [1.165, 1.54) is 5.56 Å². The zero-order valence-corrected chi connectivity index (χ0v) is 11.1. The molecule has 1 N–H and O–H groups in total. The Balaban J connectivity index is 2.59. The second kappa shape index (κ2) is 5.51. The Hall–Kier alpha value is -1.38. The number of nitrogens with zero attached hydrogens (tertiary/aromatic N) is 1. The maximum Gasteiger partial charge on any atom is 0.135 e. The molecule has 0 aliphatic carbocycles. The number of fused-ring (bicyclic) bond motifs is 1. The molecule has 1 aromatic carbocycles. The van der Waals surface area contributed by atoms with Crippen molar-refractivity contribution in [2.45, 2.75) is 25.9 Å². The average molecular weight is 262 g/mol. The Labute approximate surface area is 112 Å². The number of pyridine rings is 1. The van der Waals surface area contributed by atoms with E-state index in [0.717, 1.165) is 17.3 Å². The van der Waals surface area contributed by atoms with E-state index in [9.17, 15) is 5.11 Å². The molecule has 2 nitrogen and oxygen atoms in total. The molecule has 1 heterocycles. The normalized spacial score (nSPS) is 12.6. The standard InChI is InChI=1S/C15H16ClNO/c1-3-6-13(18)12-9-11-8-5-7-10(4-2)14(11)17-15(12)16/h3,5,7-9,13,18H,1,4,6H2,2H3. The van der Waals surface area contributed by atoms with E-state index in [4.69, 9.17) is 11.6 Å². The second-order valence-corrected chi connectivity index (χ2v) is 4.61. The van der Waals surface area contributed by atoms with Crippen LogP contribution in [0.1, 0.15) is 30.6 Å². The van der Waals surface area contributed by atoms with Crippen LogP contribution in [-0.2, 0) is 6.42 Å². The Morgan fingerprint density at radius 1 is 1.50 bits per heavy atom. The lowest BCUT2D eigenvalue weighted by Gasteiger charge is -2.12. The van der Waals surface area contributed by atoms with Crippen molar-refractivity contribution in [1.29, 1.82) is 0 Å². The predicted molar refractivity (Wildman–Crippen MR) is 75.9 cm³/mol. The molecule has 94 valence electrons. The third kappa shape index (κ3) is 2.40. The Bertz CT molecular complexity index is 580. The quantitative estimate of drug-likeness (QED) is 0.665. The summed E-state index contributed by atoms with van der Waals surface area (Å²) in [6.07, 6.45) is 2.42. The molecule has 0 fully saturated rings. The maximum atomic E-state index is 9.99. The lowest BCUT2D eigenvalue weighted by atomic mass is 10.0. The molecule has 0 aliphatic rings. The minimum atomic E-state index is -0.641. The number of aryl methyl sites for hydroxylation is 1. The van der Waals surface area contributed by atoms with Gasteiger partial charge in [-0.1, -0.05) is 42.8 Å². The van der Waals surface area contributed by atoms with Crippen molar-refractivity contribution in [2.24, 2.45) is 0 Å². The third-order valence-electron chi connectivity index (χ3n) is 3.04. The number of aromatic nitrogens is 1. The van der Waals surface area contributed by atoms with E-state index in [2.05, 4.69) is 18.5 Å². The van der Waals surface area contributed by atoms with E-state index >= 15 is 0 Å². The van der Waals surface area contributed by atoms with Crippen molar-refractivity contribution in [2.75, 3.05) is 0 Å². The first-order chi connectivity index (χ1) is 8.67. The number of aliphatic hydroxyl groups excluding tert-OH is 1. The first-order valence-corrected chi connectivity index (χ1v) is 6.42. The Kier molecular flexibility index (Phi) is 4.00. The molecule has 1 aromatic heterocycles. The molecular formula is C15H16ClNO. The van der Waals surface area contributed by atoms with E-state index in [1.807, 2.05) is 24.3 Å². The molecule has 0 saturated carbocycles. The van der Waals surface area contributed by atoms with E-state index in [-0.39, 0.29) is 0 Å². The van der Waals surface area contributed by atoms with Crippen molar-refractivity contribution in [1.82, 2.24) is 4.98 Å². The first kappa shape index (κ1) is 13.1. The summed E-state index contributed by atoms with van der Waals surface area (Å²) >= 11 is 6.16. The fraction of sp³-hybridized carbons (Fsp3) is 0.267. The molecule has 1 atom stereocenters. The van der Waals surface area contributed by atoms with Crippen molar-refractivity contribution >= 4 is 22.5 Å². The highest BCUT2D eigenvalue weighted by Crippen LogP contribution is 2.29. The summed E-state index contributed by atoms with van der Waals surface area (Å²) in [5.74, 6) is 0. The van der Waals surface area contributed by atoms with Crippen LogP contribution in [0.3, 0.4) is 0 Å². The molecule has 1 unspecified atom stereocenters. The number of halogens is 1. The van der Waals surface area contributed by atoms with Gasteiger partial charge < -0.3 is 5.11 Å². The molecular weight excluding hydrogens is 246 g/mol. The molecule has 0 amide bonds. The van der Waals surface area contributed by atoms with Crippen LogP contribution >= 0.6 is 11.6 Å². The Morgan fingerprint density at radius 2 is 2.28 bits per heavy atom. The third-order valence-corrected chi connectivity index (χ3v) is 3.34. The van der Waals surface area contributed by atoms with Gasteiger partial charge in [0.2, 0.25) is 0 Å². The van der Waals surface area contributed by atoms with Crippen LogP contribution in [0.2, 0.25) is 5.15 Å². The first-order valence-electron chi connectivity index (χ1n) is 6.04. The van der Waals surface area contributed by atoms with Crippen LogP contribution in [0.5, 0.6) is 0 Å². The van der Waals surface area contributed by atoms with Gasteiger partial charge in [0.15, 0.2) is 0 Å². The zero-order chi connectivity index (χ0) is 13.1. The van der Waals surface area contributed by atoms with Gasteiger partial charge in [0.25, 0.3) is 0 Å². The molecule has 0 radical (unpaired) electrons.